The first-order valence-electron chi connectivity index (χ1n) is 4.73. The maximum absolute atomic E-state index is 11.9. The van der Waals surface area contributed by atoms with Gasteiger partial charge in [-0.25, -0.2) is 0 Å². The number of alkyl halides is 3. The topological polar surface area (TPSA) is 86.6 Å². The Bertz CT molecular complexity index is 430. The lowest BCUT2D eigenvalue weighted by Crippen LogP contribution is -2.34. The molecule has 0 N–H and O–H groups in total. The zero-order valence-electron chi connectivity index (χ0n) is 8.53. The van der Waals surface area contributed by atoms with Crippen LogP contribution in [-0.4, -0.2) is 25.6 Å². The predicted molar refractivity (Wildman–Crippen MR) is 49.4 cm³/mol. The van der Waals surface area contributed by atoms with Crippen LogP contribution in [0.5, 0.6) is 0 Å². The lowest BCUT2D eigenvalue weighted by atomic mass is 9.88. The van der Waals surface area contributed by atoms with Gasteiger partial charge in [-0.15, -0.1) is 0 Å². The van der Waals surface area contributed by atoms with E-state index in [9.17, 15) is 31.5 Å². The molecule has 0 unspecified atom stereocenters. The summed E-state index contributed by atoms with van der Waals surface area (Å²) in [5.41, 5.74) is -5.56. The Kier molecular flexibility index (Phi) is 3.80. The Balaban J connectivity index is 2.83. The van der Waals surface area contributed by atoms with E-state index in [2.05, 4.69) is 4.40 Å². The number of hydrogen-bond acceptors (Lipinski definition) is 4. The monoisotopic (exact) mass is 272 g/mol. The number of rotatable bonds is 2. The molecule has 0 spiro atoms. The smallest absolute Gasteiger partial charge is 0.518 e. The van der Waals surface area contributed by atoms with Gasteiger partial charge in [0.05, 0.1) is 0 Å². The number of carbonyl (C=O) groups is 1. The molecule has 0 bridgehead atoms. The van der Waals surface area contributed by atoms with Crippen molar-refractivity contribution in [1.29, 1.82) is 0 Å². The van der Waals surface area contributed by atoms with Crippen LogP contribution in [0.2, 0.25) is 0 Å². The Labute approximate surface area is 95.4 Å². The third-order valence-corrected chi connectivity index (χ3v) is 3.40. The Morgan fingerprint density at radius 1 is 1.29 bits per heavy atom. The maximum Gasteiger partial charge on any atom is 0.518 e. The summed E-state index contributed by atoms with van der Waals surface area (Å²) in [6.45, 7) is 0. The molecule has 1 fully saturated rings. The normalized spacial score (nSPS) is 20.6. The Morgan fingerprint density at radius 2 is 1.76 bits per heavy atom. The summed E-state index contributed by atoms with van der Waals surface area (Å²) in [6, 6.07) is 0. The van der Waals surface area contributed by atoms with Crippen molar-refractivity contribution in [3.05, 3.63) is 0 Å². The number of Topliss-reactive ketones (excluding diaryl/α,β-unsaturated/α-hetero) is 1. The first-order chi connectivity index (χ1) is 7.63. The number of halogens is 3. The average molecular weight is 272 g/mol. The second-order valence-corrected chi connectivity index (χ2v) is 5.26. The molecule has 98 valence electrons. The van der Waals surface area contributed by atoms with Gasteiger partial charge in [0.25, 0.3) is 0 Å². The summed E-state index contributed by atoms with van der Waals surface area (Å²) in [5.74, 6) is -2.33. The average Bonchev–Trinajstić information content (AvgIpc) is 2.16. The number of ketones is 1. The molecular weight excluding hydrogens is 263 g/mol. The molecule has 0 radical (unpaired) electrons. The molecule has 0 aliphatic heterocycles. The van der Waals surface area contributed by atoms with E-state index in [-0.39, 0.29) is 31.5 Å². The van der Waals surface area contributed by atoms with E-state index >= 15 is 0 Å². The summed E-state index contributed by atoms with van der Waals surface area (Å²) >= 11 is 0. The molecule has 0 heterocycles. The molecule has 1 saturated carbocycles. The van der Waals surface area contributed by atoms with Gasteiger partial charge in [-0.2, -0.15) is 26.0 Å². The number of nitrogens with zero attached hydrogens (tertiary/aromatic N) is 1. The van der Waals surface area contributed by atoms with Crippen LogP contribution in [0.1, 0.15) is 25.7 Å². The molecular formula is C8H9F3NO4S-. The second kappa shape index (κ2) is 4.63. The molecule has 1 rings (SSSR count). The molecule has 1 aliphatic rings. The number of carbonyl (C=O) groups excluding carboxylic acids is 1. The molecule has 9 heteroatoms. The molecule has 0 aromatic heterocycles. The van der Waals surface area contributed by atoms with Crippen LogP contribution < -0.4 is 5.11 Å². The van der Waals surface area contributed by atoms with Crippen molar-refractivity contribution in [2.75, 3.05) is 0 Å². The lowest BCUT2D eigenvalue weighted by molar-refractivity contribution is -0.224. The molecule has 1 aliphatic carbocycles. The molecule has 0 atom stereocenters. The fourth-order valence-electron chi connectivity index (χ4n) is 1.43. The largest absolute Gasteiger partial charge is 0.861 e. The zero-order valence-corrected chi connectivity index (χ0v) is 9.34. The quantitative estimate of drug-likeness (QED) is 0.536. The van der Waals surface area contributed by atoms with E-state index in [0.717, 1.165) is 0 Å². The molecule has 17 heavy (non-hydrogen) atoms. The van der Waals surface area contributed by atoms with Crippen LogP contribution in [0.4, 0.5) is 13.2 Å². The van der Waals surface area contributed by atoms with Crippen molar-refractivity contribution in [3.8, 4) is 0 Å². The predicted octanol–water partition coefficient (Wildman–Crippen LogP) is 0.354. The van der Waals surface area contributed by atoms with Crippen molar-refractivity contribution < 1.29 is 31.5 Å². The van der Waals surface area contributed by atoms with Crippen LogP contribution in [0.3, 0.4) is 0 Å². The highest BCUT2D eigenvalue weighted by molar-refractivity contribution is 7.91. The SMILES string of the molecule is O=C1CCC(/C([O-])=N/S(=O)(=O)C(F)(F)F)CC1. The highest BCUT2D eigenvalue weighted by atomic mass is 32.2. The number of hydrogen-bond donors (Lipinski definition) is 0. The first-order valence-corrected chi connectivity index (χ1v) is 6.17. The fourth-order valence-corrected chi connectivity index (χ4v) is 1.92. The minimum Gasteiger partial charge on any atom is -0.861 e. The van der Waals surface area contributed by atoms with E-state index < -0.39 is 27.3 Å². The first kappa shape index (κ1) is 13.9. The van der Waals surface area contributed by atoms with Crippen LogP contribution in [0.15, 0.2) is 4.40 Å². The Morgan fingerprint density at radius 3 is 2.18 bits per heavy atom. The van der Waals surface area contributed by atoms with E-state index in [1.807, 2.05) is 0 Å². The van der Waals surface area contributed by atoms with Crippen molar-refractivity contribution in [2.24, 2.45) is 10.3 Å². The lowest BCUT2D eigenvalue weighted by Gasteiger charge is -2.25. The van der Waals surface area contributed by atoms with Gasteiger partial charge in [0.1, 0.15) is 5.78 Å². The van der Waals surface area contributed by atoms with Gasteiger partial charge in [-0.3, -0.25) is 4.79 Å². The summed E-state index contributed by atoms with van der Waals surface area (Å²) < 4.78 is 59.2. The fraction of sp³-hybridized carbons (Fsp3) is 0.750. The van der Waals surface area contributed by atoms with Crippen LogP contribution in [0.25, 0.3) is 0 Å². The molecule has 0 saturated heterocycles. The van der Waals surface area contributed by atoms with Crippen LogP contribution in [0, 0.1) is 5.92 Å². The van der Waals surface area contributed by atoms with Gasteiger partial charge in [-0.05, 0) is 24.7 Å². The molecule has 5 nitrogen and oxygen atoms in total. The van der Waals surface area contributed by atoms with Gasteiger partial charge in [0.15, 0.2) is 0 Å². The standard InChI is InChI=1S/C8H10F3NO4S/c9-8(10,11)17(15,16)12-7(14)5-1-3-6(13)4-2-5/h5H,1-4H2,(H,12,14)/p-1. The summed E-state index contributed by atoms with van der Waals surface area (Å²) in [4.78, 5) is 10.8. The zero-order chi connectivity index (χ0) is 13.3. The van der Waals surface area contributed by atoms with Crippen molar-refractivity contribution in [3.63, 3.8) is 0 Å². The molecule has 0 amide bonds. The van der Waals surface area contributed by atoms with Crippen molar-refractivity contribution in [2.45, 2.75) is 31.2 Å². The van der Waals surface area contributed by atoms with E-state index in [1.54, 1.807) is 0 Å². The number of sulfonamides is 1. The van der Waals surface area contributed by atoms with Gasteiger partial charge < -0.3 is 5.11 Å². The van der Waals surface area contributed by atoms with Crippen molar-refractivity contribution >= 4 is 21.7 Å². The highest BCUT2D eigenvalue weighted by Gasteiger charge is 2.46. The molecule has 0 aromatic carbocycles. The maximum atomic E-state index is 11.9. The Hall–Kier alpha value is -1.12. The second-order valence-electron chi connectivity index (χ2n) is 3.66. The minimum absolute atomic E-state index is 0.0501. The van der Waals surface area contributed by atoms with Gasteiger partial charge in [0, 0.05) is 12.8 Å². The van der Waals surface area contributed by atoms with Crippen LogP contribution >= 0.6 is 0 Å². The van der Waals surface area contributed by atoms with E-state index in [4.69, 9.17) is 0 Å². The van der Waals surface area contributed by atoms with Crippen molar-refractivity contribution in [1.82, 2.24) is 0 Å². The summed E-state index contributed by atoms with van der Waals surface area (Å²) in [7, 11) is -5.77. The third-order valence-electron chi connectivity index (χ3n) is 2.40. The van der Waals surface area contributed by atoms with Gasteiger partial charge in [-0.1, -0.05) is 0 Å². The highest BCUT2D eigenvalue weighted by Crippen LogP contribution is 2.27. The van der Waals surface area contributed by atoms with Crippen LogP contribution in [-0.2, 0) is 14.8 Å². The van der Waals surface area contributed by atoms with Gasteiger partial charge in [0.2, 0.25) is 0 Å². The summed E-state index contributed by atoms with van der Waals surface area (Å²) in [5, 5.41) is 11.2. The van der Waals surface area contributed by atoms with Gasteiger partial charge >= 0.3 is 15.5 Å². The molecule has 0 aromatic rings. The summed E-state index contributed by atoms with van der Waals surface area (Å²) in [6.07, 6.45) is 0.235. The third kappa shape index (κ3) is 3.42. The minimum atomic E-state index is -5.77. The van der Waals surface area contributed by atoms with E-state index in [1.165, 1.54) is 0 Å². The van der Waals surface area contributed by atoms with E-state index in [0.29, 0.717) is 0 Å².